The Morgan fingerprint density at radius 3 is 2.77 bits per heavy atom. The van der Waals surface area contributed by atoms with Gasteiger partial charge in [0, 0.05) is 36.7 Å². The van der Waals surface area contributed by atoms with E-state index in [-0.39, 0.29) is 0 Å². The second-order valence-corrected chi connectivity index (χ2v) is 5.10. The van der Waals surface area contributed by atoms with Gasteiger partial charge in [0.1, 0.15) is 5.82 Å². The van der Waals surface area contributed by atoms with Gasteiger partial charge in [-0.2, -0.15) is 0 Å². The average Bonchev–Trinajstić information content (AvgIpc) is 2.96. The van der Waals surface area contributed by atoms with Gasteiger partial charge in [0.05, 0.1) is 13.7 Å². The molecule has 0 radical (unpaired) electrons. The first-order chi connectivity index (χ1) is 10.8. The smallest absolute Gasteiger partial charge is 0.161 e. The molecule has 0 fully saturated rings. The molecule has 0 bridgehead atoms. The molecular formula is C17H19N3O2. The number of hydrogen-bond donors (Lipinski definition) is 0. The van der Waals surface area contributed by atoms with Gasteiger partial charge in [0.15, 0.2) is 11.5 Å². The molecule has 0 aliphatic rings. The molecule has 114 valence electrons. The summed E-state index contributed by atoms with van der Waals surface area (Å²) in [5.41, 5.74) is 0. The molecule has 0 saturated carbocycles. The molecule has 0 aliphatic heterocycles. The highest BCUT2D eigenvalue weighted by molar-refractivity contribution is 5.85. The first-order valence-electron chi connectivity index (χ1n) is 7.30. The molecule has 0 aliphatic carbocycles. The third-order valence-electron chi connectivity index (χ3n) is 3.65. The maximum absolute atomic E-state index is 5.89. The van der Waals surface area contributed by atoms with Crippen molar-refractivity contribution in [3.05, 3.63) is 48.8 Å². The van der Waals surface area contributed by atoms with Crippen molar-refractivity contribution in [1.82, 2.24) is 14.5 Å². The lowest BCUT2D eigenvalue weighted by molar-refractivity contribution is 0.283. The van der Waals surface area contributed by atoms with Crippen LogP contribution >= 0.6 is 0 Å². The van der Waals surface area contributed by atoms with E-state index >= 15 is 0 Å². The highest BCUT2D eigenvalue weighted by Crippen LogP contribution is 2.32. The second-order valence-electron chi connectivity index (χ2n) is 5.10. The Morgan fingerprint density at radius 1 is 1.14 bits per heavy atom. The van der Waals surface area contributed by atoms with Crippen molar-refractivity contribution in [2.45, 2.75) is 19.9 Å². The van der Waals surface area contributed by atoms with E-state index < -0.39 is 0 Å². The normalized spacial score (nSPS) is 10.8. The predicted molar refractivity (Wildman–Crippen MR) is 85.4 cm³/mol. The number of hydrogen-bond acceptors (Lipinski definition) is 4. The summed E-state index contributed by atoms with van der Waals surface area (Å²) >= 11 is 0. The van der Waals surface area contributed by atoms with Crippen molar-refractivity contribution in [3.63, 3.8) is 0 Å². The van der Waals surface area contributed by atoms with Crippen molar-refractivity contribution >= 4 is 10.8 Å². The minimum Gasteiger partial charge on any atom is -0.493 e. The van der Waals surface area contributed by atoms with Crippen LogP contribution in [-0.2, 0) is 6.54 Å². The standard InChI is InChI=1S/C17H19N3O2/c1-13-19-6-8-20(13)7-3-9-22-17-11-15-12-18-5-4-14(15)10-16(17)21-2/h4-6,8,10-12H,3,7,9H2,1-2H3. The van der Waals surface area contributed by atoms with Crippen LogP contribution in [0.2, 0.25) is 0 Å². The number of pyridine rings is 1. The number of aromatic nitrogens is 3. The predicted octanol–water partition coefficient (Wildman–Crippen LogP) is 3.22. The van der Waals surface area contributed by atoms with Crippen LogP contribution in [0.5, 0.6) is 11.5 Å². The van der Waals surface area contributed by atoms with Crippen molar-refractivity contribution in [3.8, 4) is 11.5 Å². The highest BCUT2D eigenvalue weighted by Gasteiger charge is 2.07. The zero-order valence-corrected chi connectivity index (χ0v) is 12.8. The lowest BCUT2D eigenvalue weighted by Gasteiger charge is -2.12. The molecule has 22 heavy (non-hydrogen) atoms. The lowest BCUT2D eigenvalue weighted by Crippen LogP contribution is -2.05. The first kappa shape index (κ1) is 14.4. The summed E-state index contributed by atoms with van der Waals surface area (Å²) < 4.78 is 13.4. The molecule has 0 amide bonds. The van der Waals surface area contributed by atoms with Crippen LogP contribution < -0.4 is 9.47 Å². The van der Waals surface area contributed by atoms with Gasteiger partial charge in [-0.3, -0.25) is 4.98 Å². The molecule has 2 heterocycles. The lowest BCUT2D eigenvalue weighted by atomic mass is 10.1. The summed E-state index contributed by atoms with van der Waals surface area (Å²) in [4.78, 5) is 8.35. The number of imidazole rings is 1. The van der Waals surface area contributed by atoms with Crippen LogP contribution in [-0.4, -0.2) is 28.3 Å². The van der Waals surface area contributed by atoms with Gasteiger partial charge in [-0.25, -0.2) is 4.98 Å². The molecule has 0 spiro atoms. The van der Waals surface area contributed by atoms with Crippen molar-refractivity contribution < 1.29 is 9.47 Å². The van der Waals surface area contributed by atoms with E-state index in [0.29, 0.717) is 6.61 Å². The monoisotopic (exact) mass is 297 g/mol. The number of rotatable bonds is 6. The maximum Gasteiger partial charge on any atom is 0.161 e. The van der Waals surface area contributed by atoms with Gasteiger partial charge in [-0.05, 0) is 36.9 Å². The van der Waals surface area contributed by atoms with Crippen LogP contribution in [0.15, 0.2) is 43.0 Å². The van der Waals surface area contributed by atoms with Gasteiger partial charge in [-0.1, -0.05) is 0 Å². The Bertz CT molecular complexity index is 767. The SMILES string of the molecule is COc1cc2ccncc2cc1OCCCn1ccnc1C. The molecule has 1 aromatic carbocycles. The van der Waals surface area contributed by atoms with E-state index in [1.165, 1.54) is 0 Å². The van der Waals surface area contributed by atoms with Gasteiger partial charge in [0.2, 0.25) is 0 Å². The highest BCUT2D eigenvalue weighted by atomic mass is 16.5. The Hall–Kier alpha value is -2.56. The molecule has 0 N–H and O–H groups in total. The molecule has 2 aromatic heterocycles. The minimum absolute atomic E-state index is 0.625. The summed E-state index contributed by atoms with van der Waals surface area (Å²) in [6, 6.07) is 5.92. The Kier molecular flexibility index (Phi) is 4.23. The van der Waals surface area contributed by atoms with E-state index in [1.54, 1.807) is 13.3 Å². The molecule has 3 rings (SSSR count). The first-order valence-corrected chi connectivity index (χ1v) is 7.30. The largest absolute Gasteiger partial charge is 0.493 e. The number of fused-ring (bicyclic) bond motifs is 1. The fourth-order valence-electron chi connectivity index (χ4n) is 2.42. The Labute approximate surface area is 129 Å². The Balaban J connectivity index is 1.66. The molecule has 5 heteroatoms. The third kappa shape index (κ3) is 3.03. The number of ether oxygens (including phenoxy) is 2. The van der Waals surface area contributed by atoms with Crippen molar-refractivity contribution in [1.29, 1.82) is 0 Å². The number of nitrogens with zero attached hydrogens (tertiary/aromatic N) is 3. The van der Waals surface area contributed by atoms with Gasteiger partial charge in [0.25, 0.3) is 0 Å². The van der Waals surface area contributed by atoms with E-state index in [1.807, 2.05) is 43.7 Å². The number of benzene rings is 1. The summed E-state index contributed by atoms with van der Waals surface area (Å²) in [7, 11) is 1.66. The van der Waals surface area contributed by atoms with Crippen LogP contribution in [0.4, 0.5) is 0 Å². The third-order valence-corrected chi connectivity index (χ3v) is 3.65. The van der Waals surface area contributed by atoms with Crippen LogP contribution in [0.25, 0.3) is 10.8 Å². The van der Waals surface area contributed by atoms with Crippen LogP contribution in [0.1, 0.15) is 12.2 Å². The number of aryl methyl sites for hydroxylation is 2. The summed E-state index contributed by atoms with van der Waals surface area (Å²) in [6.07, 6.45) is 8.31. The Morgan fingerprint density at radius 2 is 2.00 bits per heavy atom. The van der Waals surface area contributed by atoms with Crippen LogP contribution in [0, 0.1) is 6.92 Å². The van der Waals surface area contributed by atoms with E-state index in [9.17, 15) is 0 Å². The fraction of sp³-hybridized carbons (Fsp3) is 0.294. The fourth-order valence-corrected chi connectivity index (χ4v) is 2.42. The summed E-state index contributed by atoms with van der Waals surface area (Å²) in [5, 5.41) is 2.14. The second kappa shape index (κ2) is 6.47. The molecule has 3 aromatic rings. The molecule has 0 unspecified atom stereocenters. The molecular weight excluding hydrogens is 278 g/mol. The van der Waals surface area contributed by atoms with E-state index in [4.69, 9.17) is 9.47 Å². The molecule has 5 nitrogen and oxygen atoms in total. The van der Waals surface area contributed by atoms with Crippen LogP contribution in [0.3, 0.4) is 0 Å². The number of methoxy groups -OCH3 is 1. The quantitative estimate of drug-likeness (QED) is 0.655. The molecule has 0 atom stereocenters. The topological polar surface area (TPSA) is 49.2 Å². The van der Waals surface area contributed by atoms with Gasteiger partial charge >= 0.3 is 0 Å². The summed E-state index contributed by atoms with van der Waals surface area (Å²) in [5.74, 6) is 2.53. The zero-order valence-electron chi connectivity index (χ0n) is 12.8. The zero-order chi connectivity index (χ0) is 15.4. The average molecular weight is 297 g/mol. The summed E-state index contributed by atoms with van der Waals surface area (Å²) in [6.45, 7) is 3.52. The van der Waals surface area contributed by atoms with Gasteiger partial charge in [-0.15, -0.1) is 0 Å². The van der Waals surface area contributed by atoms with Crippen molar-refractivity contribution in [2.24, 2.45) is 0 Å². The van der Waals surface area contributed by atoms with Crippen molar-refractivity contribution in [2.75, 3.05) is 13.7 Å². The minimum atomic E-state index is 0.625. The van der Waals surface area contributed by atoms with E-state index in [2.05, 4.69) is 14.5 Å². The maximum atomic E-state index is 5.89. The molecule has 0 saturated heterocycles. The van der Waals surface area contributed by atoms with Gasteiger partial charge < -0.3 is 14.0 Å². The van der Waals surface area contributed by atoms with E-state index in [0.717, 1.165) is 41.1 Å².